The van der Waals surface area contributed by atoms with E-state index < -0.39 is 0 Å². The number of Topliss-reactive ketones (excluding diaryl/α,β-unsaturated/α-hetero) is 1. The zero-order valence-corrected chi connectivity index (χ0v) is 10.1. The lowest BCUT2D eigenvalue weighted by molar-refractivity contribution is 0.0928. The average Bonchev–Trinajstić information content (AvgIpc) is 2.35. The molecular formula is C13H19NO3. The van der Waals surface area contributed by atoms with Crippen molar-refractivity contribution in [1.82, 2.24) is 4.90 Å². The van der Waals surface area contributed by atoms with Crippen molar-refractivity contribution in [3.05, 3.63) is 29.8 Å². The first-order valence-electron chi connectivity index (χ1n) is 5.82. The molecule has 0 aliphatic rings. The third kappa shape index (κ3) is 4.54. The van der Waals surface area contributed by atoms with Crippen molar-refractivity contribution in [3.63, 3.8) is 0 Å². The van der Waals surface area contributed by atoms with Gasteiger partial charge >= 0.3 is 0 Å². The van der Waals surface area contributed by atoms with Gasteiger partial charge in [-0.25, -0.2) is 0 Å². The Morgan fingerprint density at radius 3 is 2.47 bits per heavy atom. The number of likely N-dealkylation sites (N-methyl/N-ethyl adjacent to an activating group) is 1. The van der Waals surface area contributed by atoms with Crippen LogP contribution in [0.5, 0.6) is 5.75 Å². The molecule has 0 bridgehead atoms. The second kappa shape index (κ2) is 7.04. The fraction of sp³-hybridized carbons (Fsp3) is 0.462. The van der Waals surface area contributed by atoms with Gasteiger partial charge in [0.15, 0.2) is 5.78 Å². The summed E-state index contributed by atoms with van der Waals surface area (Å²) in [4.78, 5) is 13.9. The number of aromatic hydroxyl groups is 1. The predicted octanol–water partition coefficient (Wildman–Crippen LogP) is 1.28. The molecule has 0 aliphatic carbocycles. The Morgan fingerprint density at radius 1 is 1.29 bits per heavy atom. The number of hydrogen-bond donors (Lipinski definition) is 2. The molecule has 1 aromatic rings. The second-order valence-electron chi connectivity index (χ2n) is 3.92. The molecule has 2 N–H and O–H groups in total. The summed E-state index contributed by atoms with van der Waals surface area (Å²) in [6.45, 7) is 3.98. The van der Waals surface area contributed by atoms with E-state index in [1.54, 1.807) is 12.1 Å². The Bertz CT molecular complexity index is 348. The van der Waals surface area contributed by atoms with Crippen molar-refractivity contribution in [2.75, 3.05) is 26.2 Å². The number of benzene rings is 1. The van der Waals surface area contributed by atoms with Gasteiger partial charge in [-0.1, -0.05) is 6.92 Å². The second-order valence-corrected chi connectivity index (χ2v) is 3.92. The lowest BCUT2D eigenvalue weighted by atomic mass is 10.1. The van der Waals surface area contributed by atoms with Crippen molar-refractivity contribution >= 4 is 5.78 Å². The van der Waals surface area contributed by atoms with Crippen LogP contribution >= 0.6 is 0 Å². The number of phenols is 1. The molecule has 0 saturated carbocycles. The maximum absolute atomic E-state index is 11.9. The maximum atomic E-state index is 11.9. The summed E-state index contributed by atoms with van der Waals surface area (Å²) < 4.78 is 0. The van der Waals surface area contributed by atoms with Crippen LogP contribution < -0.4 is 0 Å². The summed E-state index contributed by atoms with van der Waals surface area (Å²) in [5.74, 6) is 0.193. The quantitative estimate of drug-likeness (QED) is 0.701. The Balaban J connectivity index is 2.54. The lowest BCUT2D eigenvalue weighted by Gasteiger charge is -2.18. The van der Waals surface area contributed by atoms with Crippen LogP contribution in [0.25, 0.3) is 0 Å². The summed E-state index contributed by atoms with van der Waals surface area (Å²) in [5.41, 5.74) is 0.602. The molecule has 0 amide bonds. The van der Waals surface area contributed by atoms with Gasteiger partial charge in [-0.15, -0.1) is 0 Å². The van der Waals surface area contributed by atoms with Crippen molar-refractivity contribution in [2.24, 2.45) is 0 Å². The van der Waals surface area contributed by atoms with Crippen LogP contribution in [-0.2, 0) is 0 Å². The summed E-state index contributed by atoms with van der Waals surface area (Å²) in [5, 5.41) is 17.9. The molecule has 94 valence electrons. The van der Waals surface area contributed by atoms with Crippen molar-refractivity contribution in [2.45, 2.75) is 13.3 Å². The fourth-order valence-corrected chi connectivity index (χ4v) is 1.58. The van der Waals surface area contributed by atoms with Crippen molar-refractivity contribution in [3.8, 4) is 5.75 Å². The molecule has 0 aliphatic heterocycles. The van der Waals surface area contributed by atoms with Crippen molar-refractivity contribution in [1.29, 1.82) is 0 Å². The van der Waals surface area contributed by atoms with Gasteiger partial charge in [-0.2, -0.15) is 0 Å². The molecule has 0 aromatic heterocycles. The minimum Gasteiger partial charge on any atom is -0.508 e. The van der Waals surface area contributed by atoms with Gasteiger partial charge < -0.3 is 10.2 Å². The highest BCUT2D eigenvalue weighted by Crippen LogP contribution is 2.10. The largest absolute Gasteiger partial charge is 0.508 e. The number of hydrogen-bond acceptors (Lipinski definition) is 4. The fourth-order valence-electron chi connectivity index (χ4n) is 1.58. The lowest BCUT2D eigenvalue weighted by Crippen LogP contribution is -2.31. The first-order valence-corrected chi connectivity index (χ1v) is 5.82. The molecule has 4 nitrogen and oxygen atoms in total. The third-order valence-electron chi connectivity index (χ3n) is 2.64. The highest BCUT2D eigenvalue weighted by atomic mass is 16.3. The van der Waals surface area contributed by atoms with Crippen LogP contribution in [0.2, 0.25) is 0 Å². The van der Waals surface area contributed by atoms with E-state index in [2.05, 4.69) is 0 Å². The van der Waals surface area contributed by atoms with E-state index in [-0.39, 0.29) is 18.1 Å². The number of rotatable bonds is 7. The van der Waals surface area contributed by atoms with E-state index in [1.165, 1.54) is 12.1 Å². The van der Waals surface area contributed by atoms with E-state index in [9.17, 15) is 4.79 Å². The number of phenolic OH excluding ortho intramolecular Hbond substituents is 1. The van der Waals surface area contributed by atoms with Gasteiger partial charge in [0.2, 0.25) is 0 Å². The monoisotopic (exact) mass is 237 g/mol. The molecule has 1 rings (SSSR count). The molecule has 0 unspecified atom stereocenters. The molecule has 4 heteroatoms. The Labute approximate surface area is 101 Å². The van der Waals surface area contributed by atoms with Gasteiger partial charge in [0.25, 0.3) is 0 Å². The summed E-state index contributed by atoms with van der Waals surface area (Å²) in [6, 6.07) is 6.27. The van der Waals surface area contributed by atoms with Crippen LogP contribution in [-0.4, -0.2) is 47.1 Å². The molecule has 0 spiro atoms. The molecule has 0 heterocycles. The van der Waals surface area contributed by atoms with Gasteiger partial charge in [0.05, 0.1) is 6.54 Å². The van der Waals surface area contributed by atoms with Crippen LogP contribution in [0.4, 0.5) is 0 Å². The molecule has 1 aromatic carbocycles. The summed E-state index contributed by atoms with van der Waals surface area (Å²) >= 11 is 0. The zero-order chi connectivity index (χ0) is 12.7. The number of carbonyl (C=O) groups is 1. The van der Waals surface area contributed by atoms with Crippen LogP contribution in [0.15, 0.2) is 24.3 Å². The number of carbonyl (C=O) groups excluding carboxylic acids is 1. The minimum atomic E-state index is 0.0322. The van der Waals surface area contributed by atoms with E-state index in [1.807, 2.05) is 11.8 Å². The van der Waals surface area contributed by atoms with Crippen LogP contribution in [0.1, 0.15) is 23.7 Å². The molecule has 0 saturated heterocycles. The number of nitrogens with zero attached hydrogens (tertiary/aromatic N) is 1. The SMILES string of the molecule is CCN(CCCO)CC(=O)c1ccc(O)cc1. The van der Waals surface area contributed by atoms with Gasteiger partial charge in [-0.05, 0) is 37.2 Å². The first kappa shape index (κ1) is 13.7. The number of aliphatic hydroxyl groups is 1. The Hall–Kier alpha value is -1.39. The molecule has 0 radical (unpaired) electrons. The molecule has 17 heavy (non-hydrogen) atoms. The summed E-state index contributed by atoms with van der Waals surface area (Å²) in [6.07, 6.45) is 0.677. The van der Waals surface area contributed by atoms with Gasteiger partial charge in [0.1, 0.15) is 5.75 Å². The third-order valence-corrected chi connectivity index (χ3v) is 2.64. The summed E-state index contributed by atoms with van der Waals surface area (Å²) in [7, 11) is 0. The van der Waals surface area contributed by atoms with Gasteiger partial charge in [-0.3, -0.25) is 9.69 Å². The van der Waals surface area contributed by atoms with E-state index in [4.69, 9.17) is 10.2 Å². The number of aliphatic hydroxyl groups excluding tert-OH is 1. The normalized spacial score (nSPS) is 10.8. The maximum Gasteiger partial charge on any atom is 0.176 e. The van der Waals surface area contributed by atoms with E-state index in [0.717, 1.165) is 13.1 Å². The molecular weight excluding hydrogens is 218 g/mol. The van der Waals surface area contributed by atoms with Gasteiger partial charge in [0, 0.05) is 18.7 Å². The molecule has 0 fully saturated rings. The Kier molecular flexibility index (Phi) is 5.66. The predicted molar refractivity (Wildman–Crippen MR) is 66.3 cm³/mol. The standard InChI is InChI=1S/C13H19NO3/c1-2-14(8-3-9-15)10-13(17)11-4-6-12(16)7-5-11/h4-7,15-16H,2-3,8-10H2,1H3. The molecule has 0 atom stereocenters. The zero-order valence-electron chi connectivity index (χ0n) is 10.1. The van der Waals surface area contributed by atoms with Crippen molar-refractivity contribution < 1.29 is 15.0 Å². The van der Waals surface area contributed by atoms with E-state index in [0.29, 0.717) is 18.5 Å². The topological polar surface area (TPSA) is 60.8 Å². The van der Waals surface area contributed by atoms with Crippen LogP contribution in [0.3, 0.4) is 0 Å². The Morgan fingerprint density at radius 2 is 1.94 bits per heavy atom. The number of ketones is 1. The highest BCUT2D eigenvalue weighted by molar-refractivity contribution is 5.97. The highest BCUT2D eigenvalue weighted by Gasteiger charge is 2.10. The van der Waals surface area contributed by atoms with E-state index >= 15 is 0 Å². The average molecular weight is 237 g/mol. The van der Waals surface area contributed by atoms with Crippen LogP contribution in [0, 0.1) is 0 Å². The minimum absolute atomic E-state index is 0.0322. The smallest absolute Gasteiger partial charge is 0.176 e. The first-order chi connectivity index (χ1) is 8.17.